The topological polar surface area (TPSA) is 9.23 Å². The Morgan fingerprint density at radius 3 is 1.81 bits per heavy atom. The lowest BCUT2D eigenvalue weighted by molar-refractivity contribution is 0.379. The number of hydrogen-bond donors (Lipinski definition) is 0. The molecule has 32 heavy (non-hydrogen) atoms. The van der Waals surface area contributed by atoms with Crippen LogP contribution in [-0.4, -0.2) is 16.4 Å². The van der Waals surface area contributed by atoms with E-state index in [0.717, 1.165) is 37.4 Å². The van der Waals surface area contributed by atoms with Crippen molar-refractivity contribution in [2.24, 2.45) is 0 Å². The van der Waals surface area contributed by atoms with Crippen LogP contribution in [0.5, 0.6) is 5.75 Å². The third-order valence-electron chi connectivity index (χ3n) is 7.64. The second-order valence-corrected chi connectivity index (χ2v) is 19.7. The van der Waals surface area contributed by atoms with Gasteiger partial charge in [-0.25, -0.2) is 13.2 Å². The predicted molar refractivity (Wildman–Crippen MR) is 132 cm³/mol. The zero-order chi connectivity index (χ0) is 24.4. The van der Waals surface area contributed by atoms with Crippen LogP contribution in [0.2, 0.25) is 41.8 Å². The molecule has 0 saturated carbocycles. The third-order valence-corrected chi connectivity index (χ3v) is 19.0. The van der Waals surface area contributed by atoms with E-state index in [-0.39, 0.29) is 5.54 Å². The lowest BCUT2D eigenvalue weighted by atomic mass is 10.1. The van der Waals surface area contributed by atoms with Gasteiger partial charge in [0.25, 0.3) is 8.32 Å². The minimum Gasteiger partial charge on any atom is -0.539 e. The summed E-state index contributed by atoms with van der Waals surface area (Å²) in [6.45, 7) is 13.0. The molecule has 0 aromatic heterocycles. The van der Waals surface area contributed by atoms with E-state index in [0.29, 0.717) is 0 Å². The lowest BCUT2D eigenvalue weighted by Gasteiger charge is -2.39. The van der Waals surface area contributed by atoms with Gasteiger partial charge < -0.3 is 4.43 Å². The van der Waals surface area contributed by atoms with E-state index < -0.39 is 45.4 Å². The maximum Gasteiger partial charge on any atom is 0.253 e. The summed E-state index contributed by atoms with van der Waals surface area (Å²) in [6.07, 6.45) is 6.70. The molecule has 0 aliphatic heterocycles. The highest BCUT2D eigenvalue weighted by atomic mass is 28.4. The summed E-state index contributed by atoms with van der Waals surface area (Å²) >= 11 is 0. The van der Waals surface area contributed by atoms with Crippen molar-refractivity contribution in [3.05, 3.63) is 29.3 Å². The first-order valence-electron chi connectivity index (χ1n) is 12.6. The summed E-state index contributed by atoms with van der Waals surface area (Å²) in [6, 6.07) is 7.79. The van der Waals surface area contributed by atoms with Gasteiger partial charge in [-0.1, -0.05) is 104 Å². The molecule has 0 saturated heterocycles. The number of hydrogen-bond acceptors (Lipinski definition) is 1. The fourth-order valence-corrected chi connectivity index (χ4v) is 14.3. The second-order valence-electron chi connectivity index (χ2n) is 9.61. The van der Waals surface area contributed by atoms with Crippen LogP contribution < -0.4 is 4.43 Å². The van der Waals surface area contributed by atoms with E-state index in [1.165, 1.54) is 37.4 Å². The maximum absolute atomic E-state index is 14.5. The van der Waals surface area contributed by atoms with E-state index in [1.54, 1.807) is 6.07 Å². The Morgan fingerprint density at radius 1 is 0.719 bits per heavy atom. The summed E-state index contributed by atoms with van der Waals surface area (Å²) in [5, 5.41) is 0. The quantitative estimate of drug-likeness (QED) is 0.0735. The van der Waals surface area contributed by atoms with Crippen LogP contribution in [-0.2, 0) is 0 Å². The first-order chi connectivity index (χ1) is 15.1. The van der Waals surface area contributed by atoms with Gasteiger partial charge in [-0.2, -0.15) is 4.39 Å². The van der Waals surface area contributed by atoms with Gasteiger partial charge in [-0.05, 0) is 17.6 Å². The van der Waals surface area contributed by atoms with Crippen LogP contribution in [0, 0.1) is 29.3 Å². The van der Waals surface area contributed by atoms with Crippen LogP contribution in [0.1, 0.15) is 80.1 Å². The normalized spacial score (nSPS) is 14.1. The molecule has 0 spiro atoms. The Hall–Kier alpha value is -0.826. The Bertz CT molecular complexity index is 687. The summed E-state index contributed by atoms with van der Waals surface area (Å²) in [5.41, 5.74) is 0.0994. The molecule has 1 unspecified atom stereocenters. The number of halogens is 4. The number of unbranched alkanes of at least 4 members (excludes halogenated alkanes) is 5. The van der Waals surface area contributed by atoms with Crippen LogP contribution in [0.3, 0.4) is 0 Å². The molecule has 0 aliphatic carbocycles. The van der Waals surface area contributed by atoms with Crippen LogP contribution in [0.4, 0.5) is 17.6 Å². The molecule has 0 fully saturated rings. The van der Waals surface area contributed by atoms with Gasteiger partial charge in [-0.3, -0.25) is 0 Å². The smallest absolute Gasteiger partial charge is 0.253 e. The van der Waals surface area contributed by atoms with Crippen LogP contribution >= 0.6 is 0 Å². The van der Waals surface area contributed by atoms with E-state index in [9.17, 15) is 17.6 Å². The molecule has 7 heteroatoms. The van der Waals surface area contributed by atoms with Gasteiger partial charge >= 0.3 is 0 Å². The van der Waals surface area contributed by atoms with Crippen molar-refractivity contribution in [1.29, 1.82) is 0 Å². The average Bonchev–Trinajstić information content (AvgIpc) is 2.78. The standard InChI is InChI=1S/C25H43F4OSi2/c1-7-11-12-13-14-15-16-32(20(5)6,18-17-31(8-2,9-3)10-4)30-25-22(27)19-21(26)23(28)24(25)29/h20H,7-18H2,1-6H3. The van der Waals surface area contributed by atoms with Crippen LogP contribution in [0.15, 0.2) is 0 Å². The first kappa shape index (κ1) is 29.2. The van der Waals surface area contributed by atoms with Gasteiger partial charge in [0.05, 0.1) is 14.1 Å². The largest absolute Gasteiger partial charge is 0.539 e. The van der Waals surface area contributed by atoms with E-state index in [1.807, 2.05) is 0 Å². The summed E-state index contributed by atoms with van der Waals surface area (Å²) in [7, 11) is -4.18. The maximum atomic E-state index is 14.5. The van der Waals surface area contributed by atoms with Crippen molar-refractivity contribution in [3.8, 4) is 5.75 Å². The Balaban J connectivity index is 3.23. The molecule has 1 radical (unpaired) electrons. The fourth-order valence-electron chi connectivity index (χ4n) is 4.68. The monoisotopic (exact) mass is 491 g/mol. The van der Waals surface area contributed by atoms with Crippen molar-refractivity contribution in [3.63, 3.8) is 0 Å². The molecule has 1 rings (SSSR count). The molecule has 1 nitrogen and oxygen atoms in total. The average molecular weight is 492 g/mol. The molecule has 185 valence electrons. The lowest BCUT2D eigenvalue weighted by Crippen LogP contribution is -2.47. The summed E-state index contributed by atoms with van der Waals surface area (Å²) in [5.74, 6) is -6.97. The van der Waals surface area contributed by atoms with Crippen molar-refractivity contribution in [2.75, 3.05) is 0 Å². The molecular weight excluding hydrogens is 448 g/mol. The van der Waals surface area contributed by atoms with Gasteiger partial charge in [0.2, 0.25) is 5.82 Å². The van der Waals surface area contributed by atoms with Crippen molar-refractivity contribution in [1.82, 2.24) is 0 Å². The highest BCUT2D eigenvalue weighted by molar-refractivity contribution is 6.83. The molecule has 0 amide bonds. The first-order valence-corrected chi connectivity index (χ1v) is 17.8. The molecule has 1 aromatic carbocycles. The molecule has 0 aliphatic rings. The molecule has 1 aromatic rings. The highest BCUT2D eigenvalue weighted by Gasteiger charge is 2.44. The van der Waals surface area contributed by atoms with Gasteiger partial charge in [-0.15, -0.1) is 0 Å². The van der Waals surface area contributed by atoms with Crippen LogP contribution in [0.25, 0.3) is 0 Å². The minimum absolute atomic E-state index is 0.0994. The summed E-state index contributed by atoms with van der Waals surface area (Å²) < 4.78 is 62.6. The zero-order valence-electron chi connectivity index (χ0n) is 21.0. The van der Waals surface area contributed by atoms with Crippen molar-refractivity contribution >= 4 is 16.4 Å². The van der Waals surface area contributed by atoms with Crippen molar-refractivity contribution in [2.45, 2.75) is 122 Å². The van der Waals surface area contributed by atoms with Gasteiger partial charge in [0, 0.05) is 0 Å². The fraction of sp³-hybridized carbons (Fsp3) is 0.760. The van der Waals surface area contributed by atoms with E-state index in [2.05, 4.69) is 41.5 Å². The summed E-state index contributed by atoms with van der Waals surface area (Å²) in [4.78, 5) is 0. The molecule has 1 atom stereocenters. The van der Waals surface area contributed by atoms with Crippen molar-refractivity contribution < 1.29 is 22.0 Å². The van der Waals surface area contributed by atoms with E-state index >= 15 is 0 Å². The Kier molecular flexibility index (Phi) is 12.6. The predicted octanol–water partition coefficient (Wildman–Crippen LogP) is 9.65. The van der Waals surface area contributed by atoms with E-state index in [4.69, 9.17) is 4.43 Å². The number of benzene rings is 1. The molecule has 0 heterocycles. The third kappa shape index (κ3) is 7.61. The minimum atomic E-state index is -2.70. The Labute approximate surface area is 195 Å². The molecule has 0 N–H and O–H groups in total. The number of rotatable bonds is 16. The molecule has 0 bridgehead atoms. The van der Waals surface area contributed by atoms with Gasteiger partial charge in [0.15, 0.2) is 23.2 Å². The van der Waals surface area contributed by atoms with Gasteiger partial charge in [0.1, 0.15) is 0 Å². The second kappa shape index (κ2) is 13.8. The SMILES string of the molecule is CCCCCCCC[Si](CC[Si](CC)(CC)CC)(Oc1c(F)[c]c(F)c(F)c1F)C(C)C. The Morgan fingerprint density at radius 2 is 1.28 bits per heavy atom. The highest BCUT2D eigenvalue weighted by Crippen LogP contribution is 2.41. The molecular formula is C25H43F4OSi2. The zero-order valence-corrected chi connectivity index (χ0v) is 23.0.